The molecule has 1 fully saturated rings. The molecule has 1 aliphatic rings. The van der Waals surface area contributed by atoms with Crippen molar-refractivity contribution in [2.24, 2.45) is 0 Å². The molecule has 2 heterocycles. The van der Waals surface area contributed by atoms with E-state index in [1.165, 1.54) is 38.5 Å². The number of anilines is 1. The minimum Gasteiger partial charge on any atom is -0.365 e. The summed E-state index contributed by atoms with van der Waals surface area (Å²) >= 11 is 6.03. The van der Waals surface area contributed by atoms with Crippen molar-refractivity contribution >= 4 is 23.1 Å². The average Bonchev–Trinajstić information content (AvgIpc) is 3.06. The molecular formula is C19H20ClN5. The lowest BCUT2D eigenvalue weighted by Crippen LogP contribution is -2.20. The number of aromatic amines is 1. The lowest BCUT2D eigenvalue weighted by Gasteiger charge is -2.18. The van der Waals surface area contributed by atoms with E-state index in [-0.39, 0.29) is 0 Å². The molecule has 0 spiro atoms. The van der Waals surface area contributed by atoms with E-state index in [9.17, 15) is 5.26 Å². The predicted molar refractivity (Wildman–Crippen MR) is 99.8 cm³/mol. The number of hydrogen-bond donors (Lipinski definition) is 2. The smallest absolute Gasteiger partial charge is 0.173 e. The molecule has 128 valence electrons. The standard InChI is InChI=1S/C19H20ClN5/c20-15-9-7-13(8-10-15)17-19(23-16-5-3-1-2-4-6-16)25-18(24-17)14(11-21)12-22-25/h7-10,12,16,22-23H,1-6H2. The Hall–Kier alpha value is -2.45. The topological polar surface area (TPSA) is 68.9 Å². The van der Waals surface area contributed by atoms with Gasteiger partial charge in [0.15, 0.2) is 11.5 Å². The molecule has 6 heteroatoms. The zero-order valence-corrected chi connectivity index (χ0v) is 14.7. The number of rotatable bonds is 3. The molecule has 4 rings (SSSR count). The fourth-order valence-corrected chi connectivity index (χ4v) is 3.69. The van der Waals surface area contributed by atoms with E-state index >= 15 is 0 Å². The van der Waals surface area contributed by atoms with Crippen LogP contribution in [0.15, 0.2) is 30.5 Å². The minimum absolute atomic E-state index is 0.433. The summed E-state index contributed by atoms with van der Waals surface area (Å²) in [7, 11) is 0. The summed E-state index contributed by atoms with van der Waals surface area (Å²) in [5, 5.41) is 16.9. The van der Waals surface area contributed by atoms with Crippen LogP contribution in [-0.2, 0) is 0 Å². The van der Waals surface area contributed by atoms with Crippen LogP contribution in [0.2, 0.25) is 5.02 Å². The number of fused-ring (bicyclic) bond motifs is 1. The third kappa shape index (κ3) is 3.10. The molecule has 0 radical (unpaired) electrons. The molecule has 0 aliphatic heterocycles. The van der Waals surface area contributed by atoms with Crippen molar-refractivity contribution in [3.05, 3.63) is 41.0 Å². The summed E-state index contributed by atoms with van der Waals surface area (Å²) < 4.78 is 1.88. The van der Waals surface area contributed by atoms with Crippen LogP contribution in [0, 0.1) is 11.3 Å². The molecule has 3 aromatic rings. The Kier molecular flexibility index (Phi) is 4.37. The number of halogens is 1. The minimum atomic E-state index is 0.433. The number of nitrogens with one attached hydrogen (secondary N) is 2. The highest BCUT2D eigenvalue weighted by molar-refractivity contribution is 6.30. The molecule has 1 aliphatic carbocycles. The Morgan fingerprint density at radius 2 is 1.88 bits per heavy atom. The van der Waals surface area contributed by atoms with Gasteiger partial charge < -0.3 is 5.32 Å². The van der Waals surface area contributed by atoms with Crippen LogP contribution in [0.4, 0.5) is 5.82 Å². The lowest BCUT2D eigenvalue weighted by atomic mass is 10.1. The molecule has 1 saturated carbocycles. The molecule has 2 N–H and O–H groups in total. The van der Waals surface area contributed by atoms with Gasteiger partial charge in [-0.05, 0) is 25.0 Å². The van der Waals surface area contributed by atoms with Crippen molar-refractivity contribution < 1.29 is 0 Å². The van der Waals surface area contributed by atoms with E-state index in [4.69, 9.17) is 16.6 Å². The van der Waals surface area contributed by atoms with E-state index in [2.05, 4.69) is 16.5 Å². The highest BCUT2D eigenvalue weighted by Gasteiger charge is 2.21. The summed E-state index contributed by atoms with van der Waals surface area (Å²) in [6.45, 7) is 0. The Morgan fingerprint density at radius 1 is 1.16 bits per heavy atom. The number of aromatic nitrogens is 3. The summed E-state index contributed by atoms with van der Waals surface area (Å²) in [4.78, 5) is 4.74. The van der Waals surface area contributed by atoms with Gasteiger partial charge >= 0.3 is 0 Å². The van der Waals surface area contributed by atoms with Crippen LogP contribution in [-0.4, -0.2) is 20.6 Å². The second kappa shape index (κ2) is 6.81. The first-order valence-electron chi connectivity index (χ1n) is 8.78. The summed E-state index contributed by atoms with van der Waals surface area (Å²) in [5.74, 6) is 0.922. The van der Waals surface area contributed by atoms with Crippen molar-refractivity contribution in [1.82, 2.24) is 14.6 Å². The quantitative estimate of drug-likeness (QED) is 0.652. The van der Waals surface area contributed by atoms with Crippen molar-refractivity contribution in [3.8, 4) is 17.3 Å². The molecule has 5 nitrogen and oxygen atoms in total. The van der Waals surface area contributed by atoms with E-state index in [0.717, 1.165) is 17.1 Å². The molecule has 0 amide bonds. The van der Waals surface area contributed by atoms with Gasteiger partial charge in [0.2, 0.25) is 0 Å². The number of hydrogen-bond acceptors (Lipinski definition) is 3. The zero-order valence-electron chi connectivity index (χ0n) is 13.9. The summed E-state index contributed by atoms with van der Waals surface area (Å²) in [6.07, 6.45) is 9.16. The van der Waals surface area contributed by atoms with Crippen molar-refractivity contribution in [2.75, 3.05) is 5.32 Å². The molecule has 0 unspecified atom stereocenters. The van der Waals surface area contributed by atoms with Crippen LogP contribution >= 0.6 is 11.6 Å². The summed E-state index contributed by atoms with van der Waals surface area (Å²) in [5.41, 5.74) is 3.04. The van der Waals surface area contributed by atoms with Gasteiger partial charge in [-0.1, -0.05) is 49.4 Å². The van der Waals surface area contributed by atoms with Crippen LogP contribution < -0.4 is 5.32 Å². The summed E-state index contributed by atoms with van der Waals surface area (Å²) in [6, 6.07) is 10.3. The normalized spacial score (nSPS) is 15.8. The van der Waals surface area contributed by atoms with Gasteiger partial charge in [-0.15, -0.1) is 0 Å². The maximum absolute atomic E-state index is 9.33. The Balaban J connectivity index is 1.79. The van der Waals surface area contributed by atoms with Crippen LogP contribution in [0.3, 0.4) is 0 Å². The van der Waals surface area contributed by atoms with Crippen LogP contribution in [0.1, 0.15) is 44.1 Å². The van der Waals surface area contributed by atoms with Crippen molar-refractivity contribution in [3.63, 3.8) is 0 Å². The van der Waals surface area contributed by atoms with Gasteiger partial charge in [0.1, 0.15) is 17.3 Å². The Bertz CT molecular complexity index is 908. The number of H-pyrrole nitrogens is 1. The molecular weight excluding hydrogens is 334 g/mol. The fourth-order valence-electron chi connectivity index (χ4n) is 3.56. The predicted octanol–water partition coefficient (Wildman–Crippen LogP) is 4.99. The largest absolute Gasteiger partial charge is 0.365 e. The lowest BCUT2D eigenvalue weighted by molar-refractivity contribution is 0.615. The SMILES string of the molecule is N#Cc1c[nH]n2c(NC3CCCCCC3)c(-c3ccc(Cl)cc3)nc12. The number of nitrogens with zero attached hydrogens (tertiary/aromatic N) is 3. The van der Waals surface area contributed by atoms with Crippen LogP contribution in [0.5, 0.6) is 0 Å². The first kappa shape index (κ1) is 16.0. The van der Waals surface area contributed by atoms with Gasteiger partial charge in [-0.3, -0.25) is 5.10 Å². The molecule has 2 aromatic heterocycles. The van der Waals surface area contributed by atoms with Crippen LogP contribution in [0.25, 0.3) is 16.9 Å². The molecule has 0 saturated heterocycles. The highest BCUT2D eigenvalue weighted by atomic mass is 35.5. The van der Waals surface area contributed by atoms with E-state index in [0.29, 0.717) is 22.3 Å². The Morgan fingerprint density at radius 3 is 2.56 bits per heavy atom. The fraction of sp³-hybridized carbons (Fsp3) is 0.368. The molecule has 25 heavy (non-hydrogen) atoms. The number of benzene rings is 1. The highest BCUT2D eigenvalue weighted by Crippen LogP contribution is 2.32. The van der Waals surface area contributed by atoms with E-state index in [1.54, 1.807) is 6.20 Å². The van der Waals surface area contributed by atoms with Gasteiger partial charge in [-0.2, -0.15) is 5.26 Å². The number of imidazole rings is 1. The second-order valence-electron chi connectivity index (χ2n) is 6.61. The average molecular weight is 354 g/mol. The van der Waals surface area contributed by atoms with Gasteiger partial charge in [-0.25, -0.2) is 9.50 Å². The number of nitriles is 1. The third-order valence-corrected chi connectivity index (χ3v) is 5.14. The molecule has 0 bridgehead atoms. The molecule has 0 atom stereocenters. The van der Waals surface area contributed by atoms with Gasteiger partial charge in [0.25, 0.3) is 0 Å². The van der Waals surface area contributed by atoms with Gasteiger partial charge in [0.05, 0.1) is 0 Å². The first-order chi connectivity index (χ1) is 12.3. The third-order valence-electron chi connectivity index (χ3n) is 4.89. The van der Waals surface area contributed by atoms with Crippen molar-refractivity contribution in [1.29, 1.82) is 5.26 Å². The zero-order chi connectivity index (χ0) is 17.2. The monoisotopic (exact) mass is 353 g/mol. The maximum Gasteiger partial charge on any atom is 0.173 e. The van der Waals surface area contributed by atoms with E-state index in [1.807, 2.05) is 28.8 Å². The maximum atomic E-state index is 9.33. The first-order valence-corrected chi connectivity index (χ1v) is 9.16. The Labute approximate surface area is 151 Å². The van der Waals surface area contributed by atoms with Crippen molar-refractivity contribution in [2.45, 2.75) is 44.6 Å². The molecule has 1 aromatic carbocycles. The van der Waals surface area contributed by atoms with E-state index < -0.39 is 0 Å². The van der Waals surface area contributed by atoms with Gasteiger partial charge in [0, 0.05) is 22.8 Å². The second-order valence-corrected chi connectivity index (χ2v) is 7.04.